The Kier molecular flexibility index (Phi) is 11.3. The molecule has 286 valence electrons. The van der Waals surface area contributed by atoms with Crippen LogP contribution >= 0.6 is 0 Å². The number of hydrogen-bond acceptors (Lipinski definition) is 11. The number of esters is 4. The lowest BCUT2D eigenvalue weighted by Crippen LogP contribution is -2.63. The highest BCUT2D eigenvalue weighted by molar-refractivity contribution is 7.86. The number of alkyl halides is 5. The normalized spacial score (nSPS) is 36.9. The van der Waals surface area contributed by atoms with Crippen molar-refractivity contribution >= 4 is 34.0 Å². The van der Waals surface area contributed by atoms with Crippen molar-refractivity contribution in [3.05, 3.63) is 0 Å². The quantitative estimate of drug-likeness (QED) is 0.117. The molecule has 0 amide bonds. The average Bonchev–Trinajstić information content (AvgIpc) is 3.31. The van der Waals surface area contributed by atoms with Gasteiger partial charge in [-0.25, -0.2) is 8.42 Å². The third-order valence-corrected chi connectivity index (χ3v) is 13.3. The van der Waals surface area contributed by atoms with Crippen LogP contribution in [0.25, 0.3) is 0 Å². The first-order chi connectivity index (χ1) is 22.8. The zero-order valence-corrected chi connectivity index (χ0v) is 29.7. The average molecular weight is 746 g/mol. The van der Waals surface area contributed by atoms with Gasteiger partial charge in [0.2, 0.25) is 0 Å². The fourth-order valence-electron chi connectivity index (χ4n) is 10.3. The van der Waals surface area contributed by atoms with E-state index in [-0.39, 0.29) is 53.5 Å². The second-order valence-corrected chi connectivity index (χ2v) is 16.7. The van der Waals surface area contributed by atoms with Crippen molar-refractivity contribution in [1.29, 1.82) is 0 Å². The predicted molar refractivity (Wildman–Crippen MR) is 162 cm³/mol. The van der Waals surface area contributed by atoms with Crippen LogP contribution in [-0.2, 0) is 48.2 Å². The number of rotatable bonds is 10. The molecule has 0 radical (unpaired) electrons. The topological polar surface area (TPSA) is 162 Å². The number of halogens is 5. The standard InChI is InChI=1S/C33H47F5O11S/c1-16(7-10-27(42)49-29(32(34,35)36)33(37,38)50(43,44)45)22-8-9-23-28-24(15-26(31(22,23)6)48-19(4)41)30(5)12-11-21(46-17(2)39)13-20(30)14-25(28)47-18(3)40/h16,20-26,28-29H,7-15H2,1-6H3,(H,43,44,45)/p-1/t16-,20+,21?,22-,23+,24+,25?,26?,28+,29?,30+,31-/m1/s1. The van der Waals surface area contributed by atoms with Gasteiger partial charge < -0.3 is 23.5 Å². The molecule has 0 aromatic rings. The van der Waals surface area contributed by atoms with Crippen LogP contribution in [0.2, 0.25) is 0 Å². The molecule has 4 fully saturated rings. The molecule has 0 saturated heterocycles. The van der Waals surface area contributed by atoms with Gasteiger partial charge in [0, 0.05) is 38.5 Å². The lowest BCUT2D eigenvalue weighted by atomic mass is 9.43. The van der Waals surface area contributed by atoms with E-state index in [2.05, 4.69) is 11.7 Å². The van der Waals surface area contributed by atoms with Crippen molar-refractivity contribution in [2.75, 3.05) is 0 Å². The molecule has 0 bridgehead atoms. The minimum Gasteiger partial charge on any atom is -0.743 e. The molecule has 4 aliphatic rings. The first-order valence-corrected chi connectivity index (χ1v) is 18.4. The second-order valence-electron chi connectivity index (χ2n) is 15.2. The van der Waals surface area contributed by atoms with Crippen molar-refractivity contribution in [3.63, 3.8) is 0 Å². The molecule has 0 spiro atoms. The zero-order valence-electron chi connectivity index (χ0n) is 28.9. The number of ether oxygens (including phenoxy) is 4. The largest absolute Gasteiger partial charge is 0.743 e. The Hall–Kier alpha value is -2.56. The Morgan fingerprint density at radius 3 is 2.00 bits per heavy atom. The van der Waals surface area contributed by atoms with Gasteiger partial charge in [0.25, 0.3) is 6.10 Å². The third kappa shape index (κ3) is 7.63. The Bertz CT molecular complexity index is 1440. The van der Waals surface area contributed by atoms with Crippen molar-refractivity contribution in [2.45, 2.75) is 135 Å². The van der Waals surface area contributed by atoms with E-state index in [9.17, 15) is 54.1 Å². The van der Waals surface area contributed by atoms with E-state index in [0.717, 1.165) is 6.42 Å². The van der Waals surface area contributed by atoms with E-state index in [4.69, 9.17) is 14.2 Å². The van der Waals surface area contributed by atoms with E-state index in [1.165, 1.54) is 20.8 Å². The van der Waals surface area contributed by atoms with E-state index < -0.39 is 75.5 Å². The van der Waals surface area contributed by atoms with Gasteiger partial charge in [0.1, 0.15) is 18.3 Å². The SMILES string of the molecule is CC(=O)OC1CC[C@@]2(C)[C@@H](C1)CC(OC(C)=O)[C@@H]1[C@@H]2CC(OC(C)=O)[C@]2(C)[C@@H]([C@H](C)CCC(=O)OC(C(F)(F)F)C(F)(F)S(=O)(=O)[O-])CC[C@@H]12. The summed E-state index contributed by atoms with van der Waals surface area (Å²) in [5.74, 6) is -4.13. The lowest BCUT2D eigenvalue weighted by molar-refractivity contribution is -0.259. The molecule has 0 aromatic heterocycles. The number of carbonyl (C=O) groups excluding carboxylic acids is 4. The summed E-state index contributed by atoms with van der Waals surface area (Å²) in [4.78, 5) is 49.2. The van der Waals surface area contributed by atoms with Crippen molar-refractivity contribution < 1.29 is 73.0 Å². The van der Waals surface area contributed by atoms with Crippen molar-refractivity contribution in [1.82, 2.24) is 0 Å². The van der Waals surface area contributed by atoms with Crippen LogP contribution in [-0.4, -0.2) is 72.7 Å². The summed E-state index contributed by atoms with van der Waals surface area (Å²) in [6.45, 7) is 9.87. The summed E-state index contributed by atoms with van der Waals surface area (Å²) in [6.07, 6.45) is -8.73. The maximum atomic E-state index is 13.9. The fraction of sp³-hybridized carbons (Fsp3) is 0.879. The molecule has 11 nitrogen and oxygen atoms in total. The Balaban J connectivity index is 1.60. The summed E-state index contributed by atoms with van der Waals surface area (Å²) in [6, 6.07) is 0. The van der Waals surface area contributed by atoms with Crippen LogP contribution in [0.4, 0.5) is 22.0 Å². The second kappa shape index (κ2) is 14.1. The van der Waals surface area contributed by atoms with Crippen molar-refractivity contribution in [3.8, 4) is 0 Å². The molecule has 4 unspecified atom stereocenters. The van der Waals surface area contributed by atoms with Crippen molar-refractivity contribution in [2.24, 2.45) is 46.3 Å². The van der Waals surface area contributed by atoms with E-state index in [1.54, 1.807) is 6.92 Å². The van der Waals surface area contributed by atoms with E-state index in [1.807, 2.05) is 6.92 Å². The van der Waals surface area contributed by atoms with Crippen LogP contribution in [0.3, 0.4) is 0 Å². The van der Waals surface area contributed by atoms with Crippen LogP contribution in [0.5, 0.6) is 0 Å². The van der Waals surface area contributed by atoms with Gasteiger partial charge in [-0.05, 0) is 86.4 Å². The molecule has 12 atom stereocenters. The molecule has 0 aromatic carbocycles. The molecule has 4 rings (SSSR count). The highest BCUT2D eigenvalue weighted by Crippen LogP contribution is 2.69. The number of fused-ring (bicyclic) bond motifs is 5. The lowest BCUT2D eigenvalue weighted by Gasteiger charge is -2.64. The minimum atomic E-state index is -6.83. The van der Waals surface area contributed by atoms with Gasteiger partial charge in [0.15, 0.2) is 10.1 Å². The van der Waals surface area contributed by atoms with Gasteiger partial charge in [0.05, 0.1) is 0 Å². The zero-order chi connectivity index (χ0) is 37.8. The van der Waals surface area contributed by atoms with E-state index >= 15 is 0 Å². The first kappa shape index (κ1) is 40.2. The molecule has 4 aliphatic carbocycles. The number of hydrogen-bond donors (Lipinski definition) is 0. The molecular formula is C33H46F5O11S-. The van der Waals surface area contributed by atoms with Crippen LogP contribution < -0.4 is 0 Å². The summed E-state index contributed by atoms with van der Waals surface area (Å²) in [7, 11) is -6.83. The summed E-state index contributed by atoms with van der Waals surface area (Å²) in [5, 5.41) is -5.94. The first-order valence-electron chi connectivity index (χ1n) is 16.9. The molecule has 0 heterocycles. The number of carbonyl (C=O) groups is 4. The summed E-state index contributed by atoms with van der Waals surface area (Å²) < 4.78 is 122. The predicted octanol–water partition coefficient (Wildman–Crippen LogP) is 5.69. The highest BCUT2D eigenvalue weighted by atomic mass is 32.2. The van der Waals surface area contributed by atoms with Gasteiger partial charge >= 0.3 is 35.3 Å². The maximum Gasteiger partial charge on any atom is 0.432 e. The fourth-order valence-corrected chi connectivity index (χ4v) is 10.8. The molecule has 50 heavy (non-hydrogen) atoms. The molecule has 17 heteroatoms. The smallest absolute Gasteiger partial charge is 0.432 e. The van der Waals surface area contributed by atoms with Crippen LogP contribution in [0, 0.1) is 46.3 Å². The maximum absolute atomic E-state index is 13.9. The van der Waals surface area contributed by atoms with Gasteiger partial charge in [-0.15, -0.1) is 0 Å². The molecule has 0 aliphatic heterocycles. The van der Waals surface area contributed by atoms with Crippen LogP contribution in [0.1, 0.15) is 99.3 Å². The molecule has 4 saturated carbocycles. The Morgan fingerprint density at radius 2 is 1.46 bits per heavy atom. The minimum absolute atomic E-state index is 0.0418. The van der Waals surface area contributed by atoms with E-state index in [0.29, 0.717) is 38.5 Å². The summed E-state index contributed by atoms with van der Waals surface area (Å²) >= 11 is 0. The molecule has 0 N–H and O–H groups in total. The van der Waals surface area contributed by atoms with Gasteiger partial charge in [-0.3, -0.25) is 19.2 Å². The third-order valence-electron chi connectivity index (χ3n) is 12.4. The van der Waals surface area contributed by atoms with Crippen LogP contribution in [0.15, 0.2) is 0 Å². The Morgan fingerprint density at radius 1 is 0.860 bits per heavy atom. The summed E-state index contributed by atoms with van der Waals surface area (Å²) in [5.41, 5.74) is -1.01. The highest BCUT2D eigenvalue weighted by Gasteiger charge is 2.68. The van der Waals surface area contributed by atoms with Gasteiger partial charge in [-0.2, -0.15) is 22.0 Å². The Labute approximate surface area is 288 Å². The van der Waals surface area contributed by atoms with Gasteiger partial charge in [-0.1, -0.05) is 20.8 Å². The monoisotopic (exact) mass is 745 g/mol. The molecular weight excluding hydrogens is 699 g/mol.